The Morgan fingerprint density at radius 3 is 2.67 bits per heavy atom. The summed E-state index contributed by atoms with van der Waals surface area (Å²) in [6.07, 6.45) is 2.46. The molecule has 112 valence electrons. The van der Waals surface area contributed by atoms with Gasteiger partial charge in [0.25, 0.3) is 0 Å². The molecule has 4 nitrogen and oxygen atoms in total. The number of amides is 1. The minimum absolute atomic E-state index is 0.0127. The Morgan fingerprint density at radius 2 is 2.05 bits per heavy atom. The quantitative estimate of drug-likeness (QED) is 0.833. The number of benzene rings is 1. The zero-order valence-electron chi connectivity index (χ0n) is 11.8. The number of piperidine rings is 1. The number of likely N-dealkylation sites (tertiary alicyclic amines) is 1. The van der Waals surface area contributed by atoms with Crippen molar-refractivity contribution in [3.8, 4) is 0 Å². The highest BCUT2D eigenvalue weighted by atomic mass is 19.1. The summed E-state index contributed by atoms with van der Waals surface area (Å²) >= 11 is 0. The minimum Gasteiger partial charge on any atom is -0.367 e. The van der Waals surface area contributed by atoms with Crippen LogP contribution >= 0.6 is 0 Å². The molecule has 0 unspecified atom stereocenters. The Morgan fingerprint density at radius 1 is 1.29 bits per heavy atom. The summed E-state index contributed by atoms with van der Waals surface area (Å²) in [5.41, 5.74) is 0.124. The van der Waals surface area contributed by atoms with Gasteiger partial charge in [-0.2, -0.15) is 0 Å². The molecule has 0 saturated carbocycles. The summed E-state index contributed by atoms with van der Waals surface area (Å²) in [6.45, 7) is 1.31. The first-order chi connectivity index (χ1) is 10.1. The van der Waals surface area contributed by atoms with Gasteiger partial charge in [0.15, 0.2) is 5.78 Å². The van der Waals surface area contributed by atoms with Crippen LogP contribution in [0, 0.1) is 5.82 Å². The monoisotopic (exact) mass is 291 g/mol. The molecule has 21 heavy (non-hydrogen) atoms. The number of ketones is 1. The standard InChI is InChI=1S/C16H18FNO3/c17-13-4-2-12(3-5-13)10-15(20)18-8-7-16(14(19)11-18)6-1-9-21-16/h2-5H,1,6-11H2/t16-/m1/s1. The molecule has 1 aromatic carbocycles. The van der Waals surface area contributed by atoms with E-state index in [1.165, 1.54) is 12.1 Å². The van der Waals surface area contributed by atoms with Crippen molar-refractivity contribution in [1.82, 2.24) is 4.90 Å². The van der Waals surface area contributed by atoms with E-state index in [2.05, 4.69) is 0 Å². The Labute approximate surface area is 122 Å². The van der Waals surface area contributed by atoms with Crippen LogP contribution in [0.1, 0.15) is 24.8 Å². The van der Waals surface area contributed by atoms with E-state index in [1.807, 2.05) is 0 Å². The first-order valence-corrected chi connectivity index (χ1v) is 7.29. The van der Waals surface area contributed by atoms with Crippen molar-refractivity contribution >= 4 is 11.7 Å². The second-order valence-corrected chi connectivity index (χ2v) is 5.74. The van der Waals surface area contributed by atoms with E-state index in [1.54, 1.807) is 17.0 Å². The lowest BCUT2D eigenvalue weighted by Crippen LogP contribution is -2.54. The third-order valence-electron chi connectivity index (χ3n) is 4.35. The van der Waals surface area contributed by atoms with Crippen LogP contribution in [-0.4, -0.2) is 41.9 Å². The fourth-order valence-electron chi connectivity index (χ4n) is 3.07. The van der Waals surface area contributed by atoms with Gasteiger partial charge in [0.1, 0.15) is 11.4 Å². The fourth-order valence-corrected chi connectivity index (χ4v) is 3.07. The van der Waals surface area contributed by atoms with E-state index >= 15 is 0 Å². The molecule has 0 bridgehead atoms. The number of ether oxygens (including phenoxy) is 1. The molecule has 0 aromatic heterocycles. The smallest absolute Gasteiger partial charge is 0.227 e. The van der Waals surface area contributed by atoms with Gasteiger partial charge in [-0.05, 0) is 30.5 Å². The number of halogens is 1. The Kier molecular flexibility index (Phi) is 3.76. The predicted octanol–water partition coefficient (Wildman–Crippen LogP) is 1.72. The average Bonchev–Trinajstić information content (AvgIpc) is 2.94. The summed E-state index contributed by atoms with van der Waals surface area (Å²) in [4.78, 5) is 26.1. The van der Waals surface area contributed by atoms with Gasteiger partial charge >= 0.3 is 0 Å². The number of hydrogen-bond donors (Lipinski definition) is 0. The third kappa shape index (κ3) is 2.83. The molecule has 2 aliphatic heterocycles. The third-order valence-corrected chi connectivity index (χ3v) is 4.35. The van der Waals surface area contributed by atoms with E-state index < -0.39 is 5.60 Å². The van der Waals surface area contributed by atoms with Crippen LogP contribution in [-0.2, 0) is 20.7 Å². The number of nitrogens with zero attached hydrogens (tertiary/aromatic N) is 1. The molecular weight excluding hydrogens is 273 g/mol. The van der Waals surface area contributed by atoms with E-state index in [0.717, 1.165) is 18.4 Å². The molecule has 2 saturated heterocycles. The molecule has 0 radical (unpaired) electrons. The number of carbonyl (C=O) groups is 2. The number of Topliss-reactive ketones (excluding diaryl/α,β-unsaturated/α-hetero) is 1. The molecule has 2 heterocycles. The summed E-state index contributed by atoms with van der Waals surface area (Å²) in [6, 6.07) is 5.87. The van der Waals surface area contributed by atoms with Gasteiger partial charge < -0.3 is 9.64 Å². The summed E-state index contributed by atoms with van der Waals surface area (Å²) in [7, 11) is 0. The van der Waals surface area contributed by atoms with Gasteiger partial charge in [0, 0.05) is 19.6 Å². The second-order valence-electron chi connectivity index (χ2n) is 5.74. The first-order valence-electron chi connectivity index (χ1n) is 7.29. The largest absolute Gasteiger partial charge is 0.367 e. The predicted molar refractivity (Wildman–Crippen MR) is 74.2 cm³/mol. The maximum atomic E-state index is 12.8. The van der Waals surface area contributed by atoms with Crippen molar-refractivity contribution in [3.05, 3.63) is 35.6 Å². The summed E-state index contributed by atoms with van der Waals surface area (Å²) < 4.78 is 18.5. The molecule has 2 fully saturated rings. The van der Waals surface area contributed by atoms with Crippen molar-refractivity contribution in [2.45, 2.75) is 31.3 Å². The summed E-state index contributed by atoms with van der Waals surface area (Å²) in [5.74, 6) is -0.402. The van der Waals surface area contributed by atoms with Crippen LogP contribution in [0.3, 0.4) is 0 Å². The zero-order valence-corrected chi connectivity index (χ0v) is 11.8. The van der Waals surface area contributed by atoms with Crippen molar-refractivity contribution in [2.24, 2.45) is 0 Å². The molecule has 2 aliphatic rings. The van der Waals surface area contributed by atoms with Crippen molar-refractivity contribution < 1.29 is 18.7 Å². The lowest BCUT2D eigenvalue weighted by molar-refractivity contribution is -0.152. The molecule has 0 N–H and O–H groups in total. The van der Waals surface area contributed by atoms with E-state index in [0.29, 0.717) is 19.6 Å². The molecular formula is C16H18FNO3. The highest BCUT2D eigenvalue weighted by Crippen LogP contribution is 2.33. The van der Waals surface area contributed by atoms with E-state index in [4.69, 9.17) is 4.74 Å². The Hall–Kier alpha value is -1.75. The SMILES string of the molecule is O=C(Cc1ccc(F)cc1)N1CC[C@]2(CCCO2)C(=O)C1. The molecule has 5 heteroatoms. The van der Waals surface area contributed by atoms with E-state index in [9.17, 15) is 14.0 Å². The number of hydrogen-bond acceptors (Lipinski definition) is 3. The van der Waals surface area contributed by atoms with Gasteiger partial charge in [-0.25, -0.2) is 4.39 Å². The molecule has 1 spiro atoms. The van der Waals surface area contributed by atoms with Crippen molar-refractivity contribution in [2.75, 3.05) is 19.7 Å². The van der Waals surface area contributed by atoms with Gasteiger partial charge in [-0.3, -0.25) is 9.59 Å². The van der Waals surface area contributed by atoms with Crippen LogP contribution in [0.2, 0.25) is 0 Å². The Bertz CT molecular complexity index is 549. The summed E-state index contributed by atoms with van der Waals surface area (Å²) in [5, 5.41) is 0. The van der Waals surface area contributed by atoms with E-state index in [-0.39, 0.29) is 30.5 Å². The van der Waals surface area contributed by atoms with Crippen molar-refractivity contribution in [1.29, 1.82) is 0 Å². The van der Waals surface area contributed by atoms with Gasteiger partial charge in [0.2, 0.25) is 5.91 Å². The van der Waals surface area contributed by atoms with Gasteiger partial charge in [-0.15, -0.1) is 0 Å². The molecule has 0 aliphatic carbocycles. The van der Waals surface area contributed by atoms with Crippen molar-refractivity contribution in [3.63, 3.8) is 0 Å². The highest BCUT2D eigenvalue weighted by Gasteiger charge is 2.46. The fraction of sp³-hybridized carbons (Fsp3) is 0.500. The van der Waals surface area contributed by atoms with Crippen LogP contribution < -0.4 is 0 Å². The minimum atomic E-state index is -0.632. The molecule has 1 amide bonds. The molecule has 3 rings (SSSR count). The maximum absolute atomic E-state index is 12.8. The van der Waals surface area contributed by atoms with Crippen LogP contribution in [0.5, 0.6) is 0 Å². The number of rotatable bonds is 2. The lowest BCUT2D eigenvalue weighted by atomic mass is 9.87. The first kappa shape index (κ1) is 14.2. The molecule has 1 atom stereocenters. The second kappa shape index (κ2) is 5.56. The molecule has 1 aromatic rings. The topological polar surface area (TPSA) is 46.6 Å². The maximum Gasteiger partial charge on any atom is 0.227 e. The average molecular weight is 291 g/mol. The van der Waals surface area contributed by atoms with Gasteiger partial charge in [0.05, 0.1) is 13.0 Å². The van der Waals surface area contributed by atoms with Crippen LogP contribution in [0.4, 0.5) is 4.39 Å². The normalized spacial score (nSPS) is 25.6. The van der Waals surface area contributed by atoms with Gasteiger partial charge in [-0.1, -0.05) is 12.1 Å². The highest BCUT2D eigenvalue weighted by molar-refractivity contribution is 5.93. The van der Waals surface area contributed by atoms with Crippen LogP contribution in [0.25, 0.3) is 0 Å². The number of carbonyl (C=O) groups excluding carboxylic acids is 2. The lowest BCUT2D eigenvalue weighted by Gasteiger charge is -2.37. The van der Waals surface area contributed by atoms with Crippen LogP contribution in [0.15, 0.2) is 24.3 Å². The Balaban J connectivity index is 1.61. The zero-order chi connectivity index (χ0) is 14.9.